The molecule has 0 N–H and O–H groups in total. The van der Waals surface area contributed by atoms with Gasteiger partial charge in [-0.2, -0.15) is 0 Å². The van der Waals surface area contributed by atoms with Crippen LogP contribution in [0.3, 0.4) is 0 Å². The Hall–Kier alpha value is -1.29. The minimum atomic E-state index is 0.195. The number of likely N-dealkylation sites (tertiary alicyclic amines) is 1. The van der Waals surface area contributed by atoms with Gasteiger partial charge in [0.2, 0.25) is 5.91 Å². The molecule has 96 valence electrons. The first kappa shape index (κ1) is 11.8. The quantitative estimate of drug-likeness (QED) is 0.775. The standard InChI is InChI=1S/C13H16ClN3O/c1-9(18)16-5-10-7-17(8-11(10)6-16)13-3-2-12(14)4-15-13/h2-4,10-11H,5-8H2,1H3. The van der Waals surface area contributed by atoms with Crippen molar-refractivity contribution in [3.8, 4) is 0 Å². The van der Waals surface area contributed by atoms with Gasteiger partial charge in [-0.15, -0.1) is 0 Å². The molecule has 1 amide bonds. The fraction of sp³-hybridized carbons (Fsp3) is 0.538. The summed E-state index contributed by atoms with van der Waals surface area (Å²) in [6.07, 6.45) is 1.69. The highest BCUT2D eigenvalue weighted by molar-refractivity contribution is 6.30. The van der Waals surface area contributed by atoms with Crippen LogP contribution in [0.4, 0.5) is 5.82 Å². The molecule has 2 fully saturated rings. The van der Waals surface area contributed by atoms with Gasteiger partial charge in [0.25, 0.3) is 0 Å². The zero-order valence-electron chi connectivity index (χ0n) is 10.3. The number of rotatable bonds is 1. The van der Waals surface area contributed by atoms with Crippen LogP contribution in [-0.4, -0.2) is 42.0 Å². The number of halogens is 1. The molecule has 0 aromatic carbocycles. The number of carbonyl (C=O) groups is 1. The number of anilines is 1. The first-order valence-electron chi connectivity index (χ1n) is 6.25. The van der Waals surface area contributed by atoms with Crippen LogP contribution in [-0.2, 0) is 4.79 Å². The smallest absolute Gasteiger partial charge is 0.219 e. The summed E-state index contributed by atoms with van der Waals surface area (Å²) in [5.74, 6) is 2.36. The van der Waals surface area contributed by atoms with Gasteiger partial charge in [-0.1, -0.05) is 11.6 Å². The molecule has 2 aliphatic heterocycles. The van der Waals surface area contributed by atoms with Gasteiger partial charge in [0, 0.05) is 51.1 Å². The topological polar surface area (TPSA) is 36.4 Å². The highest BCUT2D eigenvalue weighted by Crippen LogP contribution is 2.33. The van der Waals surface area contributed by atoms with Crippen molar-refractivity contribution in [3.63, 3.8) is 0 Å². The Morgan fingerprint density at radius 3 is 2.44 bits per heavy atom. The predicted molar refractivity (Wildman–Crippen MR) is 70.7 cm³/mol. The van der Waals surface area contributed by atoms with Crippen molar-refractivity contribution in [2.24, 2.45) is 11.8 Å². The first-order chi connectivity index (χ1) is 8.63. The van der Waals surface area contributed by atoms with E-state index in [9.17, 15) is 4.79 Å². The Balaban J connectivity index is 1.68. The van der Waals surface area contributed by atoms with Gasteiger partial charge in [-0.3, -0.25) is 4.79 Å². The first-order valence-corrected chi connectivity index (χ1v) is 6.63. The monoisotopic (exact) mass is 265 g/mol. The number of pyridine rings is 1. The molecule has 0 bridgehead atoms. The van der Waals surface area contributed by atoms with Crippen molar-refractivity contribution in [1.82, 2.24) is 9.88 Å². The lowest BCUT2D eigenvalue weighted by atomic mass is 10.0. The molecular weight excluding hydrogens is 250 g/mol. The summed E-state index contributed by atoms with van der Waals surface area (Å²) in [5, 5.41) is 0.667. The lowest BCUT2D eigenvalue weighted by Gasteiger charge is -2.21. The minimum absolute atomic E-state index is 0.195. The molecule has 2 saturated heterocycles. The number of hydrogen-bond acceptors (Lipinski definition) is 3. The van der Waals surface area contributed by atoms with Gasteiger partial charge in [-0.05, 0) is 12.1 Å². The lowest BCUT2D eigenvalue weighted by Crippen LogP contribution is -2.31. The molecule has 5 heteroatoms. The fourth-order valence-corrected chi connectivity index (χ4v) is 3.10. The molecule has 2 aliphatic rings. The SMILES string of the molecule is CC(=O)N1CC2CN(c3ccc(Cl)cn3)CC2C1. The zero-order valence-corrected chi connectivity index (χ0v) is 11.1. The molecule has 18 heavy (non-hydrogen) atoms. The molecule has 0 spiro atoms. The van der Waals surface area contributed by atoms with Crippen molar-refractivity contribution in [1.29, 1.82) is 0 Å². The van der Waals surface area contributed by atoms with E-state index in [1.165, 1.54) is 0 Å². The Morgan fingerprint density at radius 1 is 1.28 bits per heavy atom. The fourth-order valence-electron chi connectivity index (χ4n) is 2.99. The molecule has 4 nitrogen and oxygen atoms in total. The van der Waals surface area contributed by atoms with E-state index >= 15 is 0 Å². The van der Waals surface area contributed by atoms with Crippen LogP contribution >= 0.6 is 11.6 Å². The third kappa shape index (κ3) is 2.05. The molecule has 2 atom stereocenters. The van der Waals surface area contributed by atoms with Crippen LogP contribution in [0.1, 0.15) is 6.92 Å². The summed E-state index contributed by atoms with van der Waals surface area (Å²) >= 11 is 5.84. The van der Waals surface area contributed by atoms with E-state index in [0.717, 1.165) is 32.0 Å². The summed E-state index contributed by atoms with van der Waals surface area (Å²) in [6, 6.07) is 3.84. The van der Waals surface area contributed by atoms with Crippen molar-refractivity contribution < 1.29 is 4.79 Å². The van der Waals surface area contributed by atoms with Gasteiger partial charge in [0.1, 0.15) is 5.82 Å². The van der Waals surface area contributed by atoms with E-state index in [-0.39, 0.29) is 5.91 Å². The molecule has 1 aromatic rings. The number of hydrogen-bond donors (Lipinski definition) is 0. The average molecular weight is 266 g/mol. The summed E-state index contributed by atoms with van der Waals surface area (Å²) < 4.78 is 0. The van der Waals surface area contributed by atoms with Crippen LogP contribution in [0.15, 0.2) is 18.3 Å². The molecular formula is C13H16ClN3O. The molecule has 1 aromatic heterocycles. The van der Waals surface area contributed by atoms with Crippen molar-refractivity contribution in [2.45, 2.75) is 6.92 Å². The highest BCUT2D eigenvalue weighted by atomic mass is 35.5. The second kappa shape index (κ2) is 4.43. The molecule has 0 radical (unpaired) electrons. The van der Waals surface area contributed by atoms with Gasteiger partial charge < -0.3 is 9.80 Å². The molecule has 0 saturated carbocycles. The van der Waals surface area contributed by atoms with Crippen LogP contribution in [0.25, 0.3) is 0 Å². The van der Waals surface area contributed by atoms with Gasteiger partial charge in [0.05, 0.1) is 5.02 Å². The van der Waals surface area contributed by atoms with Crippen molar-refractivity contribution >= 4 is 23.3 Å². The Kier molecular flexibility index (Phi) is 2.90. The summed E-state index contributed by atoms with van der Waals surface area (Å²) in [6.45, 7) is 5.42. The summed E-state index contributed by atoms with van der Waals surface area (Å²) in [5.41, 5.74) is 0. The number of aromatic nitrogens is 1. The maximum absolute atomic E-state index is 11.4. The Labute approximate surface area is 112 Å². The number of nitrogens with zero attached hydrogens (tertiary/aromatic N) is 3. The van der Waals surface area contributed by atoms with Gasteiger partial charge in [0.15, 0.2) is 0 Å². The third-order valence-electron chi connectivity index (χ3n) is 3.97. The molecule has 3 heterocycles. The number of carbonyl (C=O) groups excluding carboxylic acids is 1. The van der Waals surface area contributed by atoms with E-state index in [2.05, 4.69) is 9.88 Å². The zero-order chi connectivity index (χ0) is 12.7. The van der Waals surface area contributed by atoms with E-state index in [0.29, 0.717) is 16.9 Å². The summed E-state index contributed by atoms with van der Waals surface area (Å²) in [7, 11) is 0. The largest absolute Gasteiger partial charge is 0.356 e. The lowest BCUT2D eigenvalue weighted by molar-refractivity contribution is -0.128. The number of fused-ring (bicyclic) bond motifs is 1. The minimum Gasteiger partial charge on any atom is -0.356 e. The molecule has 0 aliphatic carbocycles. The van der Waals surface area contributed by atoms with E-state index in [4.69, 9.17) is 11.6 Å². The average Bonchev–Trinajstić information content (AvgIpc) is 2.87. The van der Waals surface area contributed by atoms with Crippen LogP contribution in [0.2, 0.25) is 5.02 Å². The predicted octanol–water partition coefficient (Wildman–Crippen LogP) is 1.65. The highest BCUT2D eigenvalue weighted by Gasteiger charge is 2.41. The second-order valence-electron chi connectivity index (χ2n) is 5.18. The molecule has 3 rings (SSSR count). The summed E-state index contributed by atoms with van der Waals surface area (Å²) in [4.78, 5) is 20.0. The van der Waals surface area contributed by atoms with Crippen LogP contribution in [0, 0.1) is 11.8 Å². The van der Waals surface area contributed by atoms with E-state index < -0.39 is 0 Å². The maximum Gasteiger partial charge on any atom is 0.219 e. The Morgan fingerprint density at radius 2 is 1.94 bits per heavy atom. The number of amides is 1. The normalized spacial score (nSPS) is 26.6. The van der Waals surface area contributed by atoms with Crippen LogP contribution < -0.4 is 4.90 Å². The molecule has 2 unspecified atom stereocenters. The van der Waals surface area contributed by atoms with Crippen molar-refractivity contribution in [2.75, 3.05) is 31.1 Å². The third-order valence-corrected chi connectivity index (χ3v) is 4.19. The van der Waals surface area contributed by atoms with E-state index in [1.807, 2.05) is 17.0 Å². The van der Waals surface area contributed by atoms with Crippen molar-refractivity contribution in [3.05, 3.63) is 23.4 Å². The van der Waals surface area contributed by atoms with Gasteiger partial charge >= 0.3 is 0 Å². The van der Waals surface area contributed by atoms with Crippen LogP contribution in [0.5, 0.6) is 0 Å². The van der Waals surface area contributed by atoms with Gasteiger partial charge in [-0.25, -0.2) is 4.98 Å². The van der Waals surface area contributed by atoms with E-state index in [1.54, 1.807) is 13.1 Å². The second-order valence-corrected chi connectivity index (χ2v) is 5.62. The maximum atomic E-state index is 11.4. The Bertz CT molecular complexity index is 448.